The van der Waals surface area contributed by atoms with Crippen LogP contribution in [0.2, 0.25) is 0 Å². The predicted octanol–water partition coefficient (Wildman–Crippen LogP) is 1.20. The fraction of sp³-hybridized carbons (Fsp3) is 0.111. The Morgan fingerprint density at radius 2 is 1.74 bits per heavy atom. The lowest BCUT2D eigenvalue weighted by atomic mass is 10.2. The maximum absolute atomic E-state index is 13.2. The van der Waals surface area contributed by atoms with Crippen LogP contribution in [0.25, 0.3) is 22.1 Å². The number of H-pyrrole nitrogens is 3. The van der Waals surface area contributed by atoms with E-state index in [9.17, 15) is 18.8 Å². The number of carbonyl (C=O) groups excluding carboxylic acids is 1. The fourth-order valence-electron chi connectivity index (χ4n) is 2.81. The number of imidazole rings is 1. The molecule has 4 rings (SSSR count). The molecule has 1 amide bonds. The summed E-state index contributed by atoms with van der Waals surface area (Å²) in [5, 5.41) is 2.76. The summed E-state index contributed by atoms with van der Waals surface area (Å²) in [6.07, 6.45) is 0.444. The number of hydrogen-bond acceptors (Lipinski definition) is 4. The lowest BCUT2D eigenvalue weighted by Crippen LogP contribution is -2.29. The zero-order valence-corrected chi connectivity index (χ0v) is 13.9. The van der Waals surface area contributed by atoms with Gasteiger partial charge >= 0.3 is 11.1 Å². The fourth-order valence-corrected chi connectivity index (χ4v) is 2.81. The quantitative estimate of drug-likeness (QED) is 0.405. The molecule has 0 atom stereocenters. The Kier molecular flexibility index (Phi) is 4.03. The number of halogens is 1. The van der Waals surface area contributed by atoms with Crippen molar-refractivity contribution in [2.24, 2.45) is 0 Å². The van der Waals surface area contributed by atoms with E-state index in [2.05, 4.69) is 25.3 Å². The summed E-state index contributed by atoms with van der Waals surface area (Å²) in [6, 6.07) is 8.89. The van der Waals surface area contributed by atoms with E-state index < -0.39 is 11.1 Å². The number of fused-ring (bicyclic) bond motifs is 2. The summed E-state index contributed by atoms with van der Waals surface area (Å²) in [6.45, 7) is 0.321. The largest absolute Gasteiger partial charge is 0.352 e. The normalized spacial score (nSPS) is 11.1. The molecule has 27 heavy (non-hydrogen) atoms. The zero-order valence-electron chi connectivity index (χ0n) is 13.9. The Morgan fingerprint density at radius 3 is 2.56 bits per heavy atom. The van der Waals surface area contributed by atoms with Crippen molar-refractivity contribution in [3.05, 3.63) is 74.3 Å². The molecule has 136 valence electrons. The molecule has 0 aliphatic heterocycles. The third-order valence-corrected chi connectivity index (χ3v) is 4.12. The lowest BCUT2D eigenvalue weighted by molar-refractivity contribution is 0.0954. The van der Waals surface area contributed by atoms with Crippen LogP contribution < -0.4 is 16.4 Å². The number of benzene rings is 2. The van der Waals surface area contributed by atoms with Crippen LogP contribution in [0.1, 0.15) is 16.2 Å². The van der Waals surface area contributed by atoms with Crippen molar-refractivity contribution >= 4 is 28.0 Å². The van der Waals surface area contributed by atoms with Gasteiger partial charge in [-0.3, -0.25) is 14.4 Å². The predicted molar refractivity (Wildman–Crippen MR) is 97.3 cm³/mol. The Balaban J connectivity index is 1.45. The zero-order chi connectivity index (χ0) is 19.0. The lowest BCUT2D eigenvalue weighted by Gasteiger charge is -2.05. The van der Waals surface area contributed by atoms with Crippen molar-refractivity contribution in [1.82, 2.24) is 25.3 Å². The van der Waals surface area contributed by atoms with Gasteiger partial charge in [0.2, 0.25) is 0 Å². The van der Waals surface area contributed by atoms with Crippen LogP contribution in [0.4, 0.5) is 4.39 Å². The topological polar surface area (TPSA) is 123 Å². The second-order valence-electron chi connectivity index (χ2n) is 6.02. The van der Waals surface area contributed by atoms with E-state index in [4.69, 9.17) is 0 Å². The van der Waals surface area contributed by atoms with E-state index >= 15 is 0 Å². The number of nitrogens with zero attached hydrogens (tertiary/aromatic N) is 1. The van der Waals surface area contributed by atoms with Gasteiger partial charge in [-0.15, -0.1) is 0 Å². The average Bonchev–Trinajstić information content (AvgIpc) is 3.04. The number of carbonyl (C=O) groups is 1. The molecule has 9 heteroatoms. The summed E-state index contributed by atoms with van der Waals surface area (Å²) in [7, 11) is 0. The van der Waals surface area contributed by atoms with Crippen molar-refractivity contribution in [2.75, 3.05) is 6.54 Å². The van der Waals surface area contributed by atoms with Crippen LogP contribution in [0, 0.1) is 5.82 Å². The van der Waals surface area contributed by atoms with Crippen LogP contribution in [0.3, 0.4) is 0 Å². The molecule has 2 heterocycles. The van der Waals surface area contributed by atoms with Crippen molar-refractivity contribution in [3.8, 4) is 0 Å². The highest BCUT2D eigenvalue weighted by Gasteiger charge is 2.09. The first-order valence-electron chi connectivity index (χ1n) is 8.18. The molecule has 0 bridgehead atoms. The molecule has 0 saturated carbocycles. The van der Waals surface area contributed by atoms with Gasteiger partial charge in [0.05, 0.1) is 22.1 Å². The van der Waals surface area contributed by atoms with E-state index in [-0.39, 0.29) is 11.7 Å². The van der Waals surface area contributed by atoms with Gasteiger partial charge in [-0.05, 0) is 36.4 Å². The third-order valence-electron chi connectivity index (χ3n) is 4.12. The van der Waals surface area contributed by atoms with Gasteiger partial charge in [0.15, 0.2) is 0 Å². The third kappa shape index (κ3) is 3.34. The smallest absolute Gasteiger partial charge is 0.314 e. The molecule has 2 aromatic carbocycles. The molecular formula is C18H14FN5O3. The molecule has 0 saturated heterocycles. The standard InChI is InChI=1S/C18H14FN5O3/c19-10-2-4-11-14(8-10)22-15(21-11)5-6-20-16(25)9-1-3-12-13(7-9)24-18(27)17(26)23-12/h1-4,7-8H,5-6H2,(H,20,25)(H,21,22)(H,23,26)(H,24,27). The molecule has 2 aromatic heterocycles. The van der Waals surface area contributed by atoms with Crippen LogP contribution in [-0.2, 0) is 6.42 Å². The average molecular weight is 367 g/mol. The minimum atomic E-state index is -0.776. The second-order valence-corrected chi connectivity index (χ2v) is 6.02. The van der Waals surface area contributed by atoms with Crippen molar-refractivity contribution in [3.63, 3.8) is 0 Å². The van der Waals surface area contributed by atoms with E-state index in [0.29, 0.717) is 46.4 Å². The van der Waals surface area contributed by atoms with E-state index in [0.717, 1.165) is 0 Å². The van der Waals surface area contributed by atoms with E-state index in [1.54, 1.807) is 18.2 Å². The van der Waals surface area contributed by atoms with E-state index in [1.807, 2.05) is 0 Å². The minimum Gasteiger partial charge on any atom is -0.352 e. The Hall–Kier alpha value is -3.75. The molecule has 0 fully saturated rings. The molecule has 4 N–H and O–H groups in total. The van der Waals surface area contributed by atoms with Crippen LogP contribution in [0.15, 0.2) is 46.0 Å². The first-order valence-corrected chi connectivity index (χ1v) is 8.18. The molecule has 8 nitrogen and oxygen atoms in total. The van der Waals surface area contributed by atoms with Gasteiger partial charge in [0.1, 0.15) is 11.6 Å². The maximum atomic E-state index is 13.2. The van der Waals surface area contributed by atoms with Gasteiger partial charge < -0.3 is 20.3 Å². The van der Waals surface area contributed by atoms with Gasteiger partial charge in [-0.2, -0.15) is 0 Å². The summed E-state index contributed by atoms with van der Waals surface area (Å²) < 4.78 is 13.2. The monoisotopic (exact) mass is 367 g/mol. The summed E-state index contributed by atoms with van der Waals surface area (Å²) in [5.41, 5.74) is 0.884. The molecule has 0 radical (unpaired) electrons. The van der Waals surface area contributed by atoms with Crippen molar-refractivity contribution in [1.29, 1.82) is 0 Å². The Bertz CT molecular complexity index is 1290. The Labute approximate surface area is 150 Å². The first kappa shape index (κ1) is 16.7. The number of aromatic amines is 3. The molecule has 0 unspecified atom stereocenters. The highest BCUT2D eigenvalue weighted by Crippen LogP contribution is 2.13. The first-order chi connectivity index (χ1) is 13.0. The Morgan fingerprint density at radius 1 is 0.963 bits per heavy atom. The summed E-state index contributed by atoms with van der Waals surface area (Å²) >= 11 is 0. The minimum absolute atomic E-state index is 0.321. The van der Waals surface area contributed by atoms with Crippen molar-refractivity contribution < 1.29 is 9.18 Å². The number of hydrogen-bond donors (Lipinski definition) is 4. The number of aromatic nitrogens is 4. The van der Waals surface area contributed by atoms with E-state index in [1.165, 1.54) is 18.2 Å². The van der Waals surface area contributed by atoms with Crippen molar-refractivity contribution in [2.45, 2.75) is 6.42 Å². The van der Waals surface area contributed by atoms with Gasteiger partial charge in [0, 0.05) is 18.5 Å². The maximum Gasteiger partial charge on any atom is 0.314 e. The number of rotatable bonds is 4. The second kappa shape index (κ2) is 6.52. The molecule has 4 aromatic rings. The van der Waals surface area contributed by atoms with Crippen LogP contribution in [-0.4, -0.2) is 32.4 Å². The molecular weight excluding hydrogens is 353 g/mol. The highest BCUT2D eigenvalue weighted by molar-refractivity contribution is 5.97. The molecule has 0 aliphatic carbocycles. The molecule has 0 aliphatic rings. The number of nitrogens with one attached hydrogen (secondary N) is 4. The van der Waals surface area contributed by atoms with Crippen LogP contribution >= 0.6 is 0 Å². The SMILES string of the molecule is O=C(NCCc1nc2ccc(F)cc2[nH]1)c1ccc2[nH]c(=O)c(=O)[nH]c2c1. The summed E-state index contributed by atoms with van der Waals surface area (Å²) in [5.74, 6) is -0.0379. The van der Waals surface area contributed by atoms with Crippen LogP contribution in [0.5, 0.6) is 0 Å². The van der Waals surface area contributed by atoms with Gasteiger partial charge in [-0.1, -0.05) is 0 Å². The highest BCUT2D eigenvalue weighted by atomic mass is 19.1. The summed E-state index contributed by atoms with van der Waals surface area (Å²) in [4.78, 5) is 47.2. The molecule has 0 spiro atoms. The number of amides is 1. The van der Waals surface area contributed by atoms with Gasteiger partial charge in [0.25, 0.3) is 5.91 Å². The van der Waals surface area contributed by atoms with Gasteiger partial charge in [-0.25, -0.2) is 9.37 Å².